The summed E-state index contributed by atoms with van der Waals surface area (Å²) >= 11 is 0. The molecule has 12 rings (SSSR count). The summed E-state index contributed by atoms with van der Waals surface area (Å²) in [6.45, 7) is 4.31. The predicted octanol–water partition coefficient (Wildman–Crippen LogP) is 14.9. The molecule has 0 radical (unpaired) electrons. The van der Waals surface area contributed by atoms with Crippen LogP contribution in [0.2, 0.25) is 0 Å². The highest BCUT2D eigenvalue weighted by atomic mass is 15.0. The topological polar surface area (TPSA) is 46.9 Å². The molecule has 0 spiro atoms. The summed E-state index contributed by atoms with van der Waals surface area (Å²) < 4.78 is 4.91. The Morgan fingerprint density at radius 2 is 1.03 bits per heavy atom. The van der Waals surface area contributed by atoms with E-state index in [0.29, 0.717) is 18.2 Å². The van der Waals surface area contributed by atoms with Crippen LogP contribution in [0.15, 0.2) is 239 Å². The van der Waals surface area contributed by atoms with Crippen LogP contribution in [0.25, 0.3) is 87.7 Å². The minimum absolute atomic E-state index is 0.391. The van der Waals surface area contributed by atoms with Gasteiger partial charge in [-0.3, -0.25) is 4.99 Å². The first kappa shape index (κ1) is 38.0. The molecule has 306 valence electrons. The minimum atomic E-state index is 0.391. The lowest BCUT2D eigenvalue weighted by Gasteiger charge is -2.15. The molecule has 65 heavy (non-hydrogen) atoms. The van der Waals surface area contributed by atoms with Gasteiger partial charge < -0.3 is 9.13 Å². The van der Waals surface area contributed by atoms with E-state index in [1.165, 1.54) is 37.8 Å². The summed E-state index contributed by atoms with van der Waals surface area (Å²) in [6.07, 6.45) is 0. The van der Waals surface area contributed by atoms with E-state index in [1.54, 1.807) is 0 Å². The summed E-state index contributed by atoms with van der Waals surface area (Å²) in [7, 11) is 0. The van der Waals surface area contributed by atoms with Gasteiger partial charge in [0, 0.05) is 49.1 Å². The number of aromatic nitrogens is 2. The molecule has 0 amide bonds. The highest BCUT2D eigenvalue weighted by Crippen LogP contribution is 2.42. The zero-order valence-electron chi connectivity index (χ0n) is 35.5. The summed E-state index contributed by atoms with van der Waals surface area (Å²) in [5.41, 5.74) is 12.0. The average Bonchev–Trinajstić information content (AvgIpc) is 3.88. The Bertz CT molecular complexity index is 3860. The van der Waals surface area contributed by atoms with Crippen molar-refractivity contribution in [2.75, 3.05) is 0 Å². The molecule has 0 N–H and O–H groups in total. The maximum absolute atomic E-state index is 5.33. The standard InChI is InChI=1S/C60H41N5/c1-61-59(43-21-7-3-8-22-43)63-60(46-25-17-24-44(36-46)41-18-5-2-6-19-41)62-39-40-34-45-23-12-13-28-48(45)55(35-40)65-54-31-16-15-30-50(54)52-37-53-51-33-32-42-20-11-14-29-49(42)58(51)64(56(53)38-57(52)65)47-26-9-4-10-27-47/h2-38H,1,39H2. The van der Waals surface area contributed by atoms with Crippen LogP contribution in [0.3, 0.4) is 0 Å². The Labute approximate surface area is 376 Å². The van der Waals surface area contributed by atoms with Crippen molar-refractivity contribution >= 4 is 83.5 Å². The largest absolute Gasteiger partial charge is 0.309 e. The van der Waals surface area contributed by atoms with Gasteiger partial charge in [-0.25, -0.2) is 9.98 Å². The maximum Gasteiger partial charge on any atom is 0.161 e. The Morgan fingerprint density at radius 3 is 1.83 bits per heavy atom. The van der Waals surface area contributed by atoms with Crippen molar-refractivity contribution in [3.05, 3.63) is 241 Å². The first-order valence-corrected chi connectivity index (χ1v) is 22.0. The monoisotopic (exact) mass is 831 g/mol. The number of hydrogen-bond acceptors (Lipinski definition) is 1. The van der Waals surface area contributed by atoms with Crippen molar-refractivity contribution in [2.45, 2.75) is 6.54 Å². The molecule has 5 nitrogen and oxygen atoms in total. The molecule has 10 aromatic carbocycles. The van der Waals surface area contributed by atoms with Crippen molar-refractivity contribution in [2.24, 2.45) is 15.0 Å². The Morgan fingerprint density at radius 1 is 0.400 bits per heavy atom. The van der Waals surface area contributed by atoms with Gasteiger partial charge in [0.2, 0.25) is 0 Å². The second-order valence-electron chi connectivity index (χ2n) is 16.5. The molecule has 0 fully saturated rings. The maximum atomic E-state index is 5.33. The molecule has 2 aromatic heterocycles. The van der Waals surface area contributed by atoms with Crippen LogP contribution in [0.1, 0.15) is 16.7 Å². The number of aliphatic imine (C=N–C) groups is 3. The molecule has 0 aliphatic heterocycles. The van der Waals surface area contributed by atoms with Crippen LogP contribution in [-0.4, -0.2) is 27.5 Å². The lowest BCUT2D eigenvalue weighted by Crippen LogP contribution is -2.06. The van der Waals surface area contributed by atoms with Crippen LogP contribution < -0.4 is 0 Å². The van der Waals surface area contributed by atoms with E-state index in [4.69, 9.17) is 9.98 Å². The molecule has 0 aliphatic carbocycles. The zero-order chi connectivity index (χ0) is 43.3. The third-order valence-electron chi connectivity index (χ3n) is 12.6. The fourth-order valence-corrected chi connectivity index (χ4v) is 9.68. The van der Waals surface area contributed by atoms with E-state index in [0.717, 1.165) is 66.5 Å². The van der Waals surface area contributed by atoms with Crippen molar-refractivity contribution in [3.8, 4) is 22.5 Å². The highest BCUT2D eigenvalue weighted by molar-refractivity contribution is 6.23. The quantitative estimate of drug-likeness (QED) is 0.113. The average molecular weight is 832 g/mol. The first-order chi connectivity index (χ1) is 32.2. The van der Waals surface area contributed by atoms with E-state index >= 15 is 0 Å². The number of nitrogens with zero attached hydrogens (tertiary/aromatic N) is 5. The van der Waals surface area contributed by atoms with Gasteiger partial charge in [-0.2, -0.15) is 0 Å². The van der Waals surface area contributed by atoms with Crippen LogP contribution in [0.4, 0.5) is 0 Å². The fourth-order valence-electron chi connectivity index (χ4n) is 9.68. The zero-order valence-corrected chi connectivity index (χ0v) is 35.5. The second-order valence-corrected chi connectivity index (χ2v) is 16.5. The van der Waals surface area contributed by atoms with E-state index in [2.05, 4.69) is 209 Å². The molecule has 0 atom stereocenters. The number of hydrogen-bond donors (Lipinski definition) is 0. The van der Waals surface area contributed by atoms with E-state index < -0.39 is 0 Å². The molecule has 0 saturated heterocycles. The molecular formula is C60H41N5. The van der Waals surface area contributed by atoms with Gasteiger partial charge >= 0.3 is 0 Å². The number of rotatable bonds is 7. The highest BCUT2D eigenvalue weighted by Gasteiger charge is 2.21. The first-order valence-electron chi connectivity index (χ1n) is 22.0. The summed E-state index contributed by atoms with van der Waals surface area (Å²) in [5.74, 6) is 1.11. The van der Waals surface area contributed by atoms with Gasteiger partial charge in [0.1, 0.15) is 0 Å². The third kappa shape index (κ3) is 6.61. The smallest absolute Gasteiger partial charge is 0.161 e. The van der Waals surface area contributed by atoms with Gasteiger partial charge in [-0.15, -0.1) is 0 Å². The second kappa shape index (κ2) is 15.9. The fraction of sp³-hybridized carbons (Fsp3) is 0.0167. The van der Waals surface area contributed by atoms with Crippen LogP contribution >= 0.6 is 0 Å². The Kier molecular flexibility index (Phi) is 9.31. The summed E-state index contributed by atoms with van der Waals surface area (Å²) in [5, 5.41) is 9.64. The minimum Gasteiger partial charge on any atom is -0.309 e. The number of amidine groups is 2. The summed E-state index contributed by atoms with van der Waals surface area (Å²) in [4.78, 5) is 14.9. The lowest BCUT2D eigenvalue weighted by molar-refractivity contribution is 1.06. The van der Waals surface area contributed by atoms with Gasteiger partial charge in [0.25, 0.3) is 0 Å². The van der Waals surface area contributed by atoms with Crippen LogP contribution in [0, 0.1) is 0 Å². The molecule has 2 heterocycles. The molecule has 0 saturated carbocycles. The van der Waals surface area contributed by atoms with Gasteiger partial charge in [0.05, 0.1) is 34.3 Å². The molecule has 5 heteroatoms. The van der Waals surface area contributed by atoms with Gasteiger partial charge in [-0.05, 0) is 82.7 Å². The van der Waals surface area contributed by atoms with Gasteiger partial charge in [0.15, 0.2) is 11.7 Å². The van der Waals surface area contributed by atoms with Crippen molar-refractivity contribution < 1.29 is 0 Å². The van der Waals surface area contributed by atoms with Gasteiger partial charge in [-0.1, -0.05) is 176 Å². The van der Waals surface area contributed by atoms with Crippen LogP contribution in [-0.2, 0) is 6.54 Å². The molecular weight excluding hydrogens is 791 g/mol. The predicted molar refractivity (Wildman–Crippen MR) is 275 cm³/mol. The molecule has 0 bridgehead atoms. The normalized spacial score (nSPS) is 12.3. The van der Waals surface area contributed by atoms with Crippen molar-refractivity contribution in [1.29, 1.82) is 0 Å². The molecule has 0 unspecified atom stereocenters. The lowest BCUT2D eigenvalue weighted by atomic mass is 10.0. The Hall–Kier alpha value is -8.67. The molecule has 12 aromatic rings. The number of benzene rings is 10. The van der Waals surface area contributed by atoms with E-state index in [-0.39, 0.29) is 0 Å². The van der Waals surface area contributed by atoms with Crippen molar-refractivity contribution in [1.82, 2.24) is 9.13 Å². The van der Waals surface area contributed by atoms with E-state index in [1.807, 2.05) is 36.4 Å². The SMILES string of the molecule is C=NC(=NC(=NCc1cc(-n2c3ccccc3c3cc4c5ccc6ccccc6c5n(-c5ccccc5)c4cc32)c2ccccc2c1)c1cccc(-c2ccccc2)c1)c1ccccc1. The Balaban J connectivity index is 1.08. The third-order valence-corrected chi connectivity index (χ3v) is 12.6. The number of para-hydroxylation sites is 2. The summed E-state index contributed by atoms with van der Waals surface area (Å²) in [6, 6.07) is 79.7. The van der Waals surface area contributed by atoms with Crippen molar-refractivity contribution in [3.63, 3.8) is 0 Å². The van der Waals surface area contributed by atoms with E-state index in [9.17, 15) is 0 Å². The molecule has 0 aliphatic rings. The number of fused-ring (bicyclic) bond motifs is 9. The van der Waals surface area contributed by atoms with Crippen LogP contribution in [0.5, 0.6) is 0 Å².